The molecule has 0 aliphatic carbocycles. The lowest BCUT2D eigenvalue weighted by atomic mass is 9.96. The monoisotopic (exact) mass is 331 g/mol. The Morgan fingerprint density at radius 3 is 2.45 bits per heavy atom. The number of nitrogens with zero attached hydrogens (tertiary/aromatic N) is 1. The maximum absolute atomic E-state index is 11.4. The first-order valence-corrected chi connectivity index (χ1v) is 7.80. The van der Waals surface area contributed by atoms with Crippen LogP contribution in [-0.4, -0.2) is 18.0 Å². The molecule has 0 saturated heterocycles. The fourth-order valence-corrected chi connectivity index (χ4v) is 3.21. The summed E-state index contributed by atoms with van der Waals surface area (Å²) in [5, 5.41) is 0.605. The summed E-state index contributed by atoms with van der Waals surface area (Å²) in [5.41, 5.74) is 2.43. The molecule has 1 aromatic heterocycles. The summed E-state index contributed by atoms with van der Waals surface area (Å²) in [6.45, 7) is 3.43. The molecule has 0 atom stereocenters. The largest absolute Gasteiger partial charge is 0.294 e. The molecule has 2 aromatic rings. The maximum Gasteiger partial charge on any atom is 0.294 e. The highest BCUT2D eigenvalue weighted by atomic mass is 35.5. The van der Waals surface area contributed by atoms with Gasteiger partial charge in [-0.05, 0) is 42.7 Å². The number of hydrogen-bond donors (Lipinski definition) is 1. The van der Waals surface area contributed by atoms with Crippen LogP contribution in [0.15, 0.2) is 29.3 Å². The average molecular weight is 332 g/mol. The van der Waals surface area contributed by atoms with Gasteiger partial charge in [0.25, 0.3) is 10.1 Å². The van der Waals surface area contributed by atoms with E-state index in [1.54, 1.807) is 19.1 Å². The zero-order chi connectivity index (χ0) is 15.1. The van der Waals surface area contributed by atoms with Crippen molar-refractivity contribution < 1.29 is 13.0 Å². The SMILES string of the molecule is Cc1ccc(S(=O)(=O)O)c(C)c1-c1cc(Cl)ncc1Cl. The van der Waals surface area contributed by atoms with Crippen molar-refractivity contribution in [3.63, 3.8) is 0 Å². The summed E-state index contributed by atoms with van der Waals surface area (Å²) in [5.74, 6) is 0. The van der Waals surface area contributed by atoms with E-state index in [4.69, 9.17) is 23.2 Å². The van der Waals surface area contributed by atoms with Gasteiger partial charge < -0.3 is 0 Å². The highest BCUT2D eigenvalue weighted by Gasteiger charge is 2.19. The molecule has 0 saturated carbocycles. The van der Waals surface area contributed by atoms with Crippen molar-refractivity contribution in [2.45, 2.75) is 18.7 Å². The second-order valence-electron chi connectivity index (χ2n) is 4.34. The van der Waals surface area contributed by atoms with E-state index in [0.717, 1.165) is 5.56 Å². The number of aryl methyl sites for hydroxylation is 1. The molecular formula is C13H11Cl2NO3S. The minimum atomic E-state index is -4.30. The molecule has 0 spiro atoms. The van der Waals surface area contributed by atoms with Gasteiger partial charge in [0, 0.05) is 11.8 Å². The van der Waals surface area contributed by atoms with Crippen molar-refractivity contribution in [3.05, 3.63) is 45.7 Å². The molecule has 0 radical (unpaired) electrons. The van der Waals surface area contributed by atoms with E-state index in [0.29, 0.717) is 21.7 Å². The van der Waals surface area contributed by atoms with E-state index in [9.17, 15) is 13.0 Å². The quantitative estimate of drug-likeness (QED) is 0.669. The highest BCUT2D eigenvalue weighted by molar-refractivity contribution is 7.85. The number of benzene rings is 1. The van der Waals surface area contributed by atoms with Crippen LogP contribution in [0, 0.1) is 13.8 Å². The lowest BCUT2D eigenvalue weighted by Gasteiger charge is -2.14. The van der Waals surface area contributed by atoms with Crippen LogP contribution in [0.3, 0.4) is 0 Å². The van der Waals surface area contributed by atoms with Gasteiger partial charge in [0.1, 0.15) is 5.15 Å². The summed E-state index contributed by atoms with van der Waals surface area (Å²) in [7, 11) is -4.30. The lowest BCUT2D eigenvalue weighted by Crippen LogP contribution is -2.03. The average Bonchev–Trinajstić information content (AvgIpc) is 2.32. The van der Waals surface area contributed by atoms with Gasteiger partial charge >= 0.3 is 0 Å². The molecule has 1 heterocycles. The third-order valence-corrected chi connectivity index (χ3v) is 4.50. The zero-order valence-electron chi connectivity index (χ0n) is 10.7. The summed E-state index contributed by atoms with van der Waals surface area (Å²) in [6.07, 6.45) is 1.40. The van der Waals surface area contributed by atoms with E-state index in [1.165, 1.54) is 12.3 Å². The van der Waals surface area contributed by atoms with E-state index >= 15 is 0 Å². The van der Waals surface area contributed by atoms with Crippen LogP contribution in [-0.2, 0) is 10.1 Å². The van der Waals surface area contributed by atoms with Gasteiger partial charge in [-0.25, -0.2) is 4.98 Å². The molecular weight excluding hydrogens is 321 g/mol. The molecule has 1 aromatic carbocycles. The molecule has 106 valence electrons. The number of hydrogen-bond acceptors (Lipinski definition) is 3. The normalized spacial score (nSPS) is 11.7. The van der Waals surface area contributed by atoms with Crippen LogP contribution < -0.4 is 0 Å². The Bertz CT molecular complexity index is 788. The summed E-state index contributed by atoms with van der Waals surface area (Å²) in [6, 6.07) is 4.53. The fraction of sp³-hybridized carbons (Fsp3) is 0.154. The molecule has 0 bridgehead atoms. The first-order chi connectivity index (χ1) is 9.21. The van der Waals surface area contributed by atoms with Crippen molar-refractivity contribution in [2.24, 2.45) is 0 Å². The maximum atomic E-state index is 11.4. The number of halogens is 2. The Labute approximate surface area is 127 Å². The van der Waals surface area contributed by atoms with Crippen LogP contribution in [0.25, 0.3) is 11.1 Å². The van der Waals surface area contributed by atoms with Crippen LogP contribution in [0.2, 0.25) is 10.2 Å². The molecule has 2 rings (SSSR count). The zero-order valence-corrected chi connectivity index (χ0v) is 13.0. The highest BCUT2D eigenvalue weighted by Crippen LogP contribution is 2.36. The summed E-state index contributed by atoms with van der Waals surface area (Å²) >= 11 is 12.0. The topological polar surface area (TPSA) is 67.3 Å². The molecule has 0 fully saturated rings. The molecule has 0 aliphatic heterocycles. The van der Waals surface area contributed by atoms with E-state index in [1.807, 2.05) is 6.92 Å². The van der Waals surface area contributed by atoms with E-state index in [2.05, 4.69) is 4.98 Å². The Morgan fingerprint density at radius 1 is 1.20 bits per heavy atom. The fourth-order valence-electron chi connectivity index (χ4n) is 2.13. The van der Waals surface area contributed by atoms with Gasteiger partial charge in [-0.1, -0.05) is 29.3 Å². The standard InChI is InChI=1S/C13H11Cl2NO3S/c1-7-3-4-11(20(17,18)19)8(2)13(7)9-5-12(15)16-6-10(9)14/h3-6H,1-2H3,(H,17,18,19). The number of aromatic nitrogens is 1. The predicted octanol–water partition coefficient (Wildman–Crippen LogP) is 3.92. The molecule has 0 aliphatic rings. The first-order valence-electron chi connectivity index (χ1n) is 5.61. The van der Waals surface area contributed by atoms with Crippen molar-refractivity contribution in [1.29, 1.82) is 0 Å². The van der Waals surface area contributed by atoms with Crippen LogP contribution in [0.4, 0.5) is 0 Å². The van der Waals surface area contributed by atoms with Crippen molar-refractivity contribution in [2.75, 3.05) is 0 Å². The molecule has 7 heteroatoms. The van der Waals surface area contributed by atoms with Crippen molar-refractivity contribution >= 4 is 33.3 Å². The van der Waals surface area contributed by atoms with Gasteiger partial charge in [0.15, 0.2) is 0 Å². The number of rotatable bonds is 2. The third kappa shape index (κ3) is 2.81. The van der Waals surface area contributed by atoms with Gasteiger partial charge in [-0.2, -0.15) is 8.42 Å². The van der Waals surface area contributed by atoms with Gasteiger partial charge in [-0.3, -0.25) is 4.55 Å². The predicted molar refractivity (Wildman–Crippen MR) is 79.0 cm³/mol. The second kappa shape index (κ2) is 5.33. The van der Waals surface area contributed by atoms with E-state index < -0.39 is 10.1 Å². The lowest BCUT2D eigenvalue weighted by molar-refractivity contribution is 0.482. The molecule has 20 heavy (non-hydrogen) atoms. The third-order valence-electron chi connectivity index (χ3n) is 2.99. The minimum absolute atomic E-state index is 0.151. The molecule has 0 unspecified atom stereocenters. The van der Waals surface area contributed by atoms with Crippen molar-refractivity contribution in [1.82, 2.24) is 4.98 Å². The van der Waals surface area contributed by atoms with Crippen molar-refractivity contribution in [3.8, 4) is 11.1 Å². The minimum Gasteiger partial charge on any atom is -0.282 e. The van der Waals surface area contributed by atoms with Crippen LogP contribution >= 0.6 is 23.2 Å². The Hall–Kier alpha value is -1.14. The summed E-state index contributed by atoms with van der Waals surface area (Å²) < 4.78 is 32.0. The Balaban J connectivity index is 2.84. The molecule has 4 nitrogen and oxygen atoms in total. The van der Waals surface area contributed by atoms with E-state index in [-0.39, 0.29) is 10.0 Å². The van der Waals surface area contributed by atoms with Crippen LogP contribution in [0.1, 0.15) is 11.1 Å². The van der Waals surface area contributed by atoms with Gasteiger partial charge in [-0.15, -0.1) is 0 Å². The second-order valence-corrected chi connectivity index (χ2v) is 6.53. The molecule has 0 amide bonds. The molecule has 1 N–H and O–H groups in total. The first kappa shape index (κ1) is 15.3. The van der Waals surface area contributed by atoms with Gasteiger partial charge in [0.2, 0.25) is 0 Å². The summed E-state index contributed by atoms with van der Waals surface area (Å²) in [4.78, 5) is 3.71. The Kier molecular flexibility index (Phi) is 4.07. The Morgan fingerprint density at radius 2 is 1.85 bits per heavy atom. The van der Waals surface area contributed by atoms with Gasteiger partial charge in [0.05, 0.1) is 9.92 Å². The number of pyridine rings is 1. The smallest absolute Gasteiger partial charge is 0.282 e. The van der Waals surface area contributed by atoms with Crippen LogP contribution in [0.5, 0.6) is 0 Å².